The summed E-state index contributed by atoms with van der Waals surface area (Å²) < 4.78 is 11.6. The van der Waals surface area contributed by atoms with Crippen LogP contribution in [0.25, 0.3) is 0 Å². The number of hydrogen-bond donors (Lipinski definition) is 1. The Morgan fingerprint density at radius 3 is 2.39 bits per heavy atom. The normalized spacial score (nSPS) is 28.8. The maximum Gasteiger partial charge on any atom is 0.0805 e. The molecule has 2 N–H and O–H groups in total. The van der Waals surface area contributed by atoms with Crippen molar-refractivity contribution in [3.63, 3.8) is 0 Å². The second kappa shape index (κ2) is 8.13. The van der Waals surface area contributed by atoms with Gasteiger partial charge in [0.05, 0.1) is 18.8 Å². The molecule has 3 nitrogen and oxygen atoms in total. The lowest BCUT2D eigenvalue weighted by Gasteiger charge is -2.38. The molecule has 0 aromatic carbocycles. The summed E-state index contributed by atoms with van der Waals surface area (Å²) in [6, 6.07) is 0. The van der Waals surface area contributed by atoms with Crippen molar-refractivity contribution in [3.05, 3.63) is 0 Å². The molecule has 1 fully saturated rings. The average molecular weight is 257 g/mol. The van der Waals surface area contributed by atoms with E-state index in [-0.39, 0.29) is 5.60 Å². The summed E-state index contributed by atoms with van der Waals surface area (Å²) in [6.07, 6.45) is 5.82. The smallest absolute Gasteiger partial charge is 0.0805 e. The first kappa shape index (κ1) is 15.9. The lowest BCUT2D eigenvalue weighted by molar-refractivity contribution is -0.0877. The van der Waals surface area contributed by atoms with Gasteiger partial charge in [0.2, 0.25) is 0 Å². The number of rotatable bonds is 8. The van der Waals surface area contributed by atoms with Gasteiger partial charge in [-0.2, -0.15) is 0 Å². The summed E-state index contributed by atoms with van der Waals surface area (Å²) in [7, 11) is 0. The molecule has 0 spiro atoms. The second-order valence-corrected chi connectivity index (χ2v) is 6.21. The summed E-state index contributed by atoms with van der Waals surface area (Å²) in [6.45, 7) is 9.61. The Morgan fingerprint density at radius 2 is 1.83 bits per heavy atom. The van der Waals surface area contributed by atoms with Gasteiger partial charge < -0.3 is 15.2 Å². The molecule has 0 saturated heterocycles. The van der Waals surface area contributed by atoms with Crippen molar-refractivity contribution in [2.45, 2.75) is 58.5 Å². The van der Waals surface area contributed by atoms with E-state index in [4.69, 9.17) is 15.2 Å². The standard InChI is InChI=1S/C15H31NO2/c1-13(2)6-9-17-10-11-18-15(12-16)7-4-14(3)5-8-15/h13-14H,4-12,16H2,1-3H3. The maximum absolute atomic E-state index is 6.03. The Labute approximate surface area is 112 Å². The van der Waals surface area contributed by atoms with E-state index < -0.39 is 0 Å². The van der Waals surface area contributed by atoms with E-state index in [0.717, 1.165) is 31.8 Å². The van der Waals surface area contributed by atoms with Crippen LogP contribution >= 0.6 is 0 Å². The van der Waals surface area contributed by atoms with E-state index in [1.807, 2.05) is 0 Å². The van der Waals surface area contributed by atoms with Crippen LogP contribution < -0.4 is 5.73 Å². The topological polar surface area (TPSA) is 44.5 Å². The van der Waals surface area contributed by atoms with Gasteiger partial charge in [-0.3, -0.25) is 0 Å². The molecule has 0 atom stereocenters. The summed E-state index contributed by atoms with van der Waals surface area (Å²) >= 11 is 0. The largest absolute Gasteiger partial charge is 0.379 e. The van der Waals surface area contributed by atoms with E-state index in [9.17, 15) is 0 Å². The van der Waals surface area contributed by atoms with Crippen LogP contribution in [-0.2, 0) is 9.47 Å². The highest BCUT2D eigenvalue weighted by Crippen LogP contribution is 2.33. The summed E-state index contributed by atoms with van der Waals surface area (Å²) in [5.74, 6) is 1.54. The third-order valence-electron chi connectivity index (χ3n) is 4.03. The summed E-state index contributed by atoms with van der Waals surface area (Å²) in [5.41, 5.74) is 5.84. The highest BCUT2D eigenvalue weighted by atomic mass is 16.5. The number of hydrogen-bond acceptors (Lipinski definition) is 3. The lowest BCUT2D eigenvalue weighted by Crippen LogP contribution is -2.44. The van der Waals surface area contributed by atoms with Gasteiger partial charge in [0.15, 0.2) is 0 Å². The van der Waals surface area contributed by atoms with Crippen LogP contribution in [0.15, 0.2) is 0 Å². The fourth-order valence-electron chi connectivity index (χ4n) is 2.43. The SMILES string of the molecule is CC(C)CCOCCOC1(CN)CCC(C)CC1. The molecule has 0 aliphatic heterocycles. The lowest BCUT2D eigenvalue weighted by atomic mass is 9.79. The van der Waals surface area contributed by atoms with Gasteiger partial charge in [-0.05, 0) is 43.9 Å². The molecular weight excluding hydrogens is 226 g/mol. The molecule has 0 heterocycles. The molecule has 0 unspecified atom stereocenters. The Balaban J connectivity index is 2.12. The monoisotopic (exact) mass is 257 g/mol. The van der Waals surface area contributed by atoms with Gasteiger partial charge in [-0.1, -0.05) is 20.8 Å². The van der Waals surface area contributed by atoms with Crippen molar-refractivity contribution in [3.8, 4) is 0 Å². The zero-order valence-corrected chi connectivity index (χ0v) is 12.4. The predicted molar refractivity (Wildman–Crippen MR) is 75.6 cm³/mol. The van der Waals surface area contributed by atoms with E-state index in [2.05, 4.69) is 20.8 Å². The molecule has 18 heavy (non-hydrogen) atoms. The van der Waals surface area contributed by atoms with Crippen LogP contribution in [0.3, 0.4) is 0 Å². The van der Waals surface area contributed by atoms with Crippen molar-refractivity contribution < 1.29 is 9.47 Å². The van der Waals surface area contributed by atoms with Crippen molar-refractivity contribution in [2.24, 2.45) is 17.6 Å². The van der Waals surface area contributed by atoms with E-state index in [0.29, 0.717) is 25.7 Å². The van der Waals surface area contributed by atoms with E-state index in [1.54, 1.807) is 0 Å². The Morgan fingerprint density at radius 1 is 1.17 bits per heavy atom. The zero-order valence-electron chi connectivity index (χ0n) is 12.4. The third-order valence-corrected chi connectivity index (χ3v) is 4.03. The minimum atomic E-state index is -0.0616. The summed E-state index contributed by atoms with van der Waals surface area (Å²) in [4.78, 5) is 0. The highest BCUT2D eigenvalue weighted by molar-refractivity contribution is 4.87. The van der Waals surface area contributed by atoms with Crippen molar-refractivity contribution in [2.75, 3.05) is 26.4 Å². The fourth-order valence-corrected chi connectivity index (χ4v) is 2.43. The van der Waals surface area contributed by atoms with Crippen LogP contribution in [0.1, 0.15) is 52.9 Å². The quantitative estimate of drug-likeness (QED) is 0.680. The van der Waals surface area contributed by atoms with Crippen LogP contribution in [0.5, 0.6) is 0 Å². The highest BCUT2D eigenvalue weighted by Gasteiger charge is 2.33. The molecule has 0 bridgehead atoms. The number of ether oxygens (including phenoxy) is 2. The minimum absolute atomic E-state index is 0.0616. The molecule has 108 valence electrons. The van der Waals surface area contributed by atoms with Crippen molar-refractivity contribution in [1.29, 1.82) is 0 Å². The minimum Gasteiger partial charge on any atom is -0.379 e. The first-order valence-corrected chi connectivity index (χ1v) is 7.50. The second-order valence-electron chi connectivity index (χ2n) is 6.21. The fraction of sp³-hybridized carbons (Fsp3) is 1.00. The van der Waals surface area contributed by atoms with Gasteiger partial charge in [0.1, 0.15) is 0 Å². The third kappa shape index (κ3) is 5.68. The molecule has 1 saturated carbocycles. The molecule has 1 aliphatic rings. The van der Waals surface area contributed by atoms with Crippen LogP contribution in [-0.4, -0.2) is 32.0 Å². The number of nitrogens with two attached hydrogens (primary N) is 1. The van der Waals surface area contributed by atoms with Gasteiger partial charge in [-0.25, -0.2) is 0 Å². The Kier molecular flexibility index (Phi) is 7.20. The van der Waals surface area contributed by atoms with Crippen LogP contribution in [0.4, 0.5) is 0 Å². The van der Waals surface area contributed by atoms with Gasteiger partial charge >= 0.3 is 0 Å². The molecule has 0 aromatic rings. The van der Waals surface area contributed by atoms with Gasteiger partial charge in [0, 0.05) is 13.2 Å². The first-order valence-electron chi connectivity index (χ1n) is 7.50. The van der Waals surface area contributed by atoms with Gasteiger partial charge in [-0.15, -0.1) is 0 Å². The van der Waals surface area contributed by atoms with Crippen molar-refractivity contribution in [1.82, 2.24) is 0 Å². The molecule has 0 amide bonds. The predicted octanol–water partition coefficient (Wildman–Crippen LogP) is 2.97. The maximum atomic E-state index is 6.03. The molecule has 3 heteroatoms. The first-order chi connectivity index (χ1) is 8.58. The molecule has 0 radical (unpaired) electrons. The van der Waals surface area contributed by atoms with Crippen LogP contribution in [0.2, 0.25) is 0 Å². The van der Waals surface area contributed by atoms with Gasteiger partial charge in [0.25, 0.3) is 0 Å². The summed E-state index contributed by atoms with van der Waals surface area (Å²) in [5, 5.41) is 0. The molecule has 1 aliphatic carbocycles. The molecule has 1 rings (SSSR count). The Hall–Kier alpha value is -0.120. The van der Waals surface area contributed by atoms with Crippen molar-refractivity contribution >= 4 is 0 Å². The average Bonchev–Trinajstić information content (AvgIpc) is 2.36. The van der Waals surface area contributed by atoms with E-state index >= 15 is 0 Å². The molecular formula is C15H31NO2. The van der Waals surface area contributed by atoms with Crippen LogP contribution in [0, 0.1) is 11.8 Å². The molecule has 0 aromatic heterocycles. The zero-order chi connectivity index (χ0) is 13.4. The van der Waals surface area contributed by atoms with E-state index in [1.165, 1.54) is 12.8 Å². The Bertz CT molecular complexity index is 211.